The third-order valence-corrected chi connectivity index (χ3v) is 6.12. The number of nitrogens with one attached hydrogen (secondary N) is 1. The summed E-state index contributed by atoms with van der Waals surface area (Å²) >= 11 is 7.01. The van der Waals surface area contributed by atoms with Crippen LogP contribution in [0.4, 0.5) is 5.69 Å². The Morgan fingerprint density at radius 3 is 2.59 bits per heavy atom. The first-order chi connectivity index (χ1) is 14.0. The normalized spacial score (nSPS) is 19.2. The van der Waals surface area contributed by atoms with E-state index in [1.165, 1.54) is 30.3 Å². The summed E-state index contributed by atoms with van der Waals surface area (Å²) in [6, 6.07) is 12.8. The smallest absolute Gasteiger partial charge is 0.279 e. The molecule has 0 radical (unpaired) electrons. The number of rotatable bonds is 3. The van der Waals surface area contributed by atoms with Gasteiger partial charge in [0.1, 0.15) is 0 Å². The number of halogens is 1. The average molecular weight is 426 g/mol. The minimum absolute atomic E-state index is 0.249. The van der Waals surface area contributed by atoms with Gasteiger partial charge in [-0.1, -0.05) is 17.7 Å². The lowest BCUT2D eigenvalue weighted by molar-refractivity contribution is -0.115. The van der Waals surface area contributed by atoms with Crippen LogP contribution in [-0.2, 0) is 4.79 Å². The number of aliphatic imine (C=N–C) groups is 1. The fourth-order valence-electron chi connectivity index (χ4n) is 3.36. The Morgan fingerprint density at radius 1 is 1.17 bits per heavy atom. The summed E-state index contributed by atoms with van der Waals surface area (Å²) in [5, 5.41) is 3.50. The number of hydrogen-bond donors (Lipinski definition) is 1. The van der Waals surface area contributed by atoms with E-state index < -0.39 is 5.91 Å². The van der Waals surface area contributed by atoms with Crippen LogP contribution in [0.15, 0.2) is 52.4 Å². The third-order valence-electron chi connectivity index (χ3n) is 4.96. The van der Waals surface area contributed by atoms with Crippen LogP contribution >= 0.6 is 23.4 Å². The Labute approximate surface area is 178 Å². The number of thioether (sulfide) groups is 1. The number of anilines is 1. The molecule has 2 fully saturated rings. The monoisotopic (exact) mass is 425 g/mol. The molecule has 2 amide bonds. The van der Waals surface area contributed by atoms with Crippen LogP contribution in [0.1, 0.15) is 34.3 Å². The van der Waals surface area contributed by atoms with Gasteiger partial charge in [0.2, 0.25) is 0 Å². The maximum Gasteiger partial charge on any atom is 0.279 e. The molecule has 5 nitrogen and oxygen atoms in total. The molecule has 2 aromatic rings. The largest absolute Gasteiger partial charge is 0.372 e. The first-order valence-electron chi connectivity index (χ1n) is 9.45. The third kappa shape index (κ3) is 4.54. The van der Waals surface area contributed by atoms with Crippen molar-refractivity contribution in [3.63, 3.8) is 0 Å². The Morgan fingerprint density at radius 2 is 1.90 bits per heavy atom. The van der Waals surface area contributed by atoms with E-state index in [-0.39, 0.29) is 11.1 Å². The van der Waals surface area contributed by atoms with Crippen LogP contribution in [0.5, 0.6) is 0 Å². The van der Waals surface area contributed by atoms with E-state index in [2.05, 4.69) is 27.3 Å². The highest BCUT2D eigenvalue weighted by atomic mass is 35.5. The molecule has 0 aliphatic carbocycles. The Hall–Kier alpha value is -2.57. The van der Waals surface area contributed by atoms with Crippen LogP contribution in [-0.4, -0.2) is 30.1 Å². The molecule has 2 aliphatic rings. The summed E-state index contributed by atoms with van der Waals surface area (Å²) in [5.41, 5.74) is 3.73. The second kappa shape index (κ2) is 8.43. The van der Waals surface area contributed by atoms with E-state index in [0.29, 0.717) is 15.5 Å². The highest BCUT2D eigenvalue weighted by Crippen LogP contribution is 2.29. The summed E-state index contributed by atoms with van der Waals surface area (Å²) in [6.45, 7) is 4.24. The van der Waals surface area contributed by atoms with Gasteiger partial charge in [0, 0.05) is 29.4 Å². The summed E-state index contributed by atoms with van der Waals surface area (Å²) in [7, 11) is 0. The second-order valence-corrected chi connectivity index (χ2v) is 8.50. The van der Waals surface area contributed by atoms with Crippen molar-refractivity contribution in [3.05, 3.63) is 69.1 Å². The number of hydrogen-bond acceptors (Lipinski definition) is 4. The van der Waals surface area contributed by atoms with Gasteiger partial charge < -0.3 is 10.2 Å². The highest BCUT2D eigenvalue weighted by Gasteiger charge is 2.25. The van der Waals surface area contributed by atoms with Crippen molar-refractivity contribution in [2.75, 3.05) is 18.0 Å². The number of aryl methyl sites for hydroxylation is 1. The number of amidine groups is 1. The van der Waals surface area contributed by atoms with Gasteiger partial charge in [-0.05, 0) is 85.1 Å². The number of carbonyl (C=O) groups is 2. The molecule has 4 rings (SSSR count). The summed E-state index contributed by atoms with van der Waals surface area (Å²) in [4.78, 5) is 31.5. The van der Waals surface area contributed by atoms with Crippen LogP contribution in [0, 0.1) is 6.92 Å². The standard InChI is InChI=1S/C22H20ClN3O2S/c1-14-12-18(26-10-2-3-11-26)9-6-16(14)13-19-21(28)25-22(29-19)24-20(27)15-4-7-17(23)8-5-15/h4-9,12-13H,2-3,10-11H2,1H3,(H,24,25,27,28)/b19-13-. The molecule has 0 unspecified atom stereocenters. The van der Waals surface area contributed by atoms with E-state index in [1.807, 2.05) is 19.1 Å². The molecular weight excluding hydrogens is 406 g/mol. The highest BCUT2D eigenvalue weighted by molar-refractivity contribution is 8.18. The molecule has 0 atom stereocenters. The van der Waals surface area contributed by atoms with E-state index >= 15 is 0 Å². The van der Waals surface area contributed by atoms with Crippen molar-refractivity contribution in [1.82, 2.24) is 5.32 Å². The van der Waals surface area contributed by atoms with Crippen molar-refractivity contribution >= 4 is 52.1 Å². The van der Waals surface area contributed by atoms with Crippen molar-refractivity contribution < 1.29 is 9.59 Å². The average Bonchev–Trinajstić information content (AvgIpc) is 3.34. The summed E-state index contributed by atoms with van der Waals surface area (Å²) in [6.07, 6.45) is 4.31. The van der Waals surface area contributed by atoms with Crippen LogP contribution in [0.2, 0.25) is 5.02 Å². The van der Waals surface area contributed by atoms with Gasteiger partial charge in [0.25, 0.3) is 11.8 Å². The predicted molar refractivity (Wildman–Crippen MR) is 120 cm³/mol. The quantitative estimate of drug-likeness (QED) is 0.727. The molecule has 0 saturated carbocycles. The second-order valence-electron chi connectivity index (χ2n) is 7.03. The fourth-order valence-corrected chi connectivity index (χ4v) is 4.30. The molecule has 1 N–H and O–H groups in total. The Kier molecular flexibility index (Phi) is 5.74. The van der Waals surface area contributed by atoms with E-state index in [4.69, 9.17) is 11.6 Å². The minimum atomic E-state index is -0.420. The number of benzene rings is 2. The van der Waals surface area contributed by atoms with Crippen LogP contribution < -0.4 is 10.2 Å². The minimum Gasteiger partial charge on any atom is -0.372 e. The number of nitrogens with zero attached hydrogens (tertiary/aromatic N) is 2. The lowest BCUT2D eigenvalue weighted by Crippen LogP contribution is -2.20. The van der Waals surface area contributed by atoms with Gasteiger partial charge >= 0.3 is 0 Å². The zero-order chi connectivity index (χ0) is 20.4. The Bertz CT molecular complexity index is 1020. The van der Waals surface area contributed by atoms with Gasteiger partial charge in [0.15, 0.2) is 5.17 Å². The van der Waals surface area contributed by atoms with Crippen molar-refractivity contribution in [2.24, 2.45) is 4.99 Å². The van der Waals surface area contributed by atoms with Crippen molar-refractivity contribution in [2.45, 2.75) is 19.8 Å². The van der Waals surface area contributed by atoms with Gasteiger partial charge in [0.05, 0.1) is 4.91 Å². The Balaban J connectivity index is 1.51. The lowest BCUT2D eigenvalue weighted by Gasteiger charge is -2.18. The first-order valence-corrected chi connectivity index (χ1v) is 10.6. The van der Waals surface area contributed by atoms with E-state index in [9.17, 15) is 9.59 Å². The molecule has 0 bridgehead atoms. The predicted octanol–water partition coefficient (Wildman–Crippen LogP) is 4.65. The molecule has 0 spiro atoms. The molecule has 2 aliphatic heterocycles. The van der Waals surface area contributed by atoms with Gasteiger partial charge in [-0.25, -0.2) is 0 Å². The topological polar surface area (TPSA) is 61.8 Å². The molecule has 2 heterocycles. The van der Waals surface area contributed by atoms with Crippen LogP contribution in [0.3, 0.4) is 0 Å². The fraction of sp³-hybridized carbons (Fsp3) is 0.227. The SMILES string of the molecule is Cc1cc(N2CCCC2)ccc1/C=C1\SC(=NC(=O)c2ccc(Cl)cc2)NC1=O. The first kappa shape index (κ1) is 19.7. The molecule has 0 aromatic heterocycles. The van der Waals surface area contributed by atoms with Gasteiger partial charge in [-0.3, -0.25) is 9.59 Å². The zero-order valence-electron chi connectivity index (χ0n) is 15.9. The van der Waals surface area contributed by atoms with Crippen molar-refractivity contribution in [1.29, 1.82) is 0 Å². The van der Waals surface area contributed by atoms with Gasteiger partial charge in [-0.2, -0.15) is 4.99 Å². The number of carbonyl (C=O) groups excluding carboxylic acids is 2. The molecule has 2 aromatic carbocycles. The lowest BCUT2D eigenvalue weighted by atomic mass is 10.1. The number of amides is 2. The zero-order valence-corrected chi connectivity index (χ0v) is 17.5. The molecule has 148 valence electrons. The van der Waals surface area contributed by atoms with E-state index in [1.54, 1.807) is 24.3 Å². The van der Waals surface area contributed by atoms with Crippen LogP contribution in [0.25, 0.3) is 6.08 Å². The maximum absolute atomic E-state index is 12.3. The molecular formula is C22H20ClN3O2S. The molecule has 7 heteroatoms. The maximum atomic E-state index is 12.3. The van der Waals surface area contributed by atoms with E-state index in [0.717, 1.165) is 24.2 Å². The molecule has 2 saturated heterocycles. The summed E-state index contributed by atoms with van der Waals surface area (Å²) < 4.78 is 0. The van der Waals surface area contributed by atoms with Gasteiger partial charge in [-0.15, -0.1) is 0 Å². The van der Waals surface area contributed by atoms with Crippen molar-refractivity contribution in [3.8, 4) is 0 Å². The molecule has 29 heavy (non-hydrogen) atoms. The summed E-state index contributed by atoms with van der Waals surface area (Å²) in [5.74, 6) is -0.669.